The van der Waals surface area contributed by atoms with E-state index in [9.17, 15) is 4.79 Å². The largest absolute Gasteiger partial charge is 0.381 e. The average molecular weight is 234 g/mol. The first-order valence-electron chi connectivity index (χ1n) is 5.70. The van der Waals surface area contributed by atoms with Crippen LogP contribution in [0.3, 0.4) is 0 Å². The molecule has 2 aromatic heterocycles. The molecule has 1 saturated heterocycles. The van der Waals surface area contributed by atoms with E-state index in [0.717, 1.165) is 19.6 Å². The fourth-order valence-corrected chi connectivity index (χ4v) is 2.20. The van der Waals surface area contributed by atoms with Gasteiger partial charge in [0.05, 0.1) is 19.1 Å². The Balaban J connectivity index is 1.99. The fourth-order valence-electron chi connectivity index (χ4n) is 2.20. The quantitative estimate of drug-likeness (QED) is 0.743. The minimum absolute atomic E-state index is 0.0185. The lowest BCUT2D eigenvalue weighted by Gasteiger charge is -2.09. The van der Waals surface area contributed by atoms with Crippen molar-refractivity contribution in [1.82, 2.24) is 19.3 Å². The highest BCUT2D eigenvalue weighted by molar-refractivity contribution is 5.72. The van der Waals surface area contributed by atoms with E-state index in [1.165, 1.54) is 0 Å². The molecule has 0 amide bonds. The summed E-state index contributed by atoms with van der Waals surface area (Å²) in [6.07, 6.45) is 4.19. The molecule has 3 heterocycles. The molecule has 1 fully saturated rings. The van der Waals surface area contributed by atoms with E-state index in [4.69, 9.17) is 4.74 Å². The van der Waals surface area contributed by atoms with Crippen molar-refractivity contribution in [2.24, 2.45) is 13.0 Å². The van der Waals surface area contributed by atoms with E-state index < -0.39 is 0 Å². The molecule has 1 aliphatic heterocycles. The molecule has 2 aromatic rings. The number of aryl methyl sites for hydroxylation is 1. The van der Waals surface area contributed by atoms with Gasteiger partial charge in [-0.3, -0.25) is 14.0 Å². The van der Waals surface area contributed by atoms with Crippen LogP contribution in [0.4, 0.5) is 0 Å². The van der Waals surface area contributed by atoms with Crippen molar-refractivity contribution in [3.63, 3.8) is 0 Å². The monoisotopic (exact) mass is 234 g/mol. The van der Waals surface area contributed by atoms with Gasteiger partial charge in [0.25, 0.3) is 5.56 Å². The molecule has 6 heteroatoms. The first-order valence-corrected chi connectivity index (χ1v) is 5.70. The summed E-state index contributed by atoms with van der Waals surface area (Å²) in [4.78, 5) is 16.4. The molecule has 0 radical (unpaired) electrons. The van der Waals surface area contributed by atoms with Crippen LogP contribution < -0.4 is 5.56 Å². The van der Waals surface area contributed by atoms with Gasteiger partial charge < -0.3 is 4.74 Å². The minimum Gasteiger partial charge on any atom is -0.381 e. The Morgan fingerprint density at radius 2 is 2.47 bits per heavy atom. The predicted octanol–water partition coefficient (Wildman–Crippen LogP) is 0.166. The predicted molar refractivity (Wildman–Crippen MR) is 61.7 cm³/mol. The Kier molecular flexibility index (Phi) is 2.44. The number of rotatable bonds is 2. The van der Waals surface area contributed by atoms with E-state index in [2.05, 4.69) is 10.1 Å². The summed E-state index contributed by atoms with van der Waals surface area (Å²) in [7, 11) is 1.78. The van der Waals surface area contributed by atoms with Gasteiger partial charge in [0.2, 0.25) is 0 Å². The molecule has 3 rings (SSSR count). The van der Waals surface area contributed by atoms with E-state index in [-0.39, 0.29) is 5.56 Å². The molecule has 1 aliphatic rings. The highest BCUT2D eigenvalue weighted by Crippen LogP contribution is 2.14. The maximum atomic E-state index is 12.2. The Labute approximate surface area is 97.8 Å². The van der Waals surface area contributed by atoms with Crippen LogP contribution in [-0.4, -0.2) is 32.5 Å². The average Bonchev–Trinajstić information content (AvgIpc) is 2.93. The van der Waals surface area contributed by atoms with Gasteiger partial charge in [-0.2, -0.15) is 5.10 Å². The lowest BCUT2D eigenvalue weighted by Crippen LogP contribution is -2.24. The number of hydrogen-bond acceptors (Lipinski definition) is 4. The van der Waals surface area contributed by atoms with Crippen LogP contribution in [0.15, 0.2) is 17.3 Å². The third kappa shape index (κ3) is 1.74. The minimum atomic E-state index is -0.0185. The van der Waals surface area contributed by atoms with Crippen molar-refractivity contribution in [3.8, 4) is 0 Å². The highest BCUT2D eigenvalue weighted by atomic mass is 16.5. The maximum absolute atomic E-state index is 12.2. The number of hydrogen-bond donors (Lipinski definition) is 0. The zero-order chi connectivity index (χ0) is 11.8. The molecule has 0 spiro atoms. The van der Waals surface area contributed by atoms with Crippen molar-refractivity contribution >= 4 is 11.0 Å². The summed E-state index contributed by atoms with van der Waals surface area (Å²) in [5.41, 5.74) is 0.615. The number of ether oxygens (including phenoxy) is 1. The third-order valence-electron chi connectivity index (χ3n) is 3.20. The summed E-state index contributed by atoms with van der Waals surface area (Å²) < 4.78 is 8.58. The molecular formula is C11H14N4O2. The first kappa shape index (κ1) is 10.5. The maximum Gasteiger partial charge on any atom is 0.264 e. The second-order valence-electron chi connectivity index (χ2n) is 4.44. The number of aromatic nitrogens is 4. The van der Waals surface area contributed by atoms with E-state index in [1.54, 1.807) is 28.8 Å². The normalized spacial score (nSPS) is 20.2. The summed E-state index contributed by atoms with van der Waals surface area (Å²) in [6.45, 7) is 2.20. The molecule has 6 nitrogen and oxygen atoms in total. The van der Waals surface area contributed by atoms with Crippen LogP contribution in [0.2, 0.25) is 0 Å². The van der Waals surface area contributed by atoms with E-state index >= 15 is 0 Å². The fraction of sp³-hybridized carbons (Fsp3) is 0.545. The van der Waals surface area contributed by atoms with Gasteiger partial charge in [0.1, 0.15) is 5.39 Å². The summed E-state index contributed by atoms with van der Waals surface area (Å²) in [6, 6.07) is 0. The Hall–Kier alpha value is -1.69. The zero-order valence-electron chi connectivity index (χ0n) is 9.67. The molecular weight excluding hydrogens is 220 g/mol. The van der Waals surface area contributed by atoms with Gasteiger partial charge in [-0.25, -0.2) is 4.98 Å². The number of fused-ring (bicyclic) bond motifs is 1. The lowest BCUT2D eigenvalue weighted by molar-refractivity contribution is 0.182. The molecule has 90 valence electrons. The van der Waals surface area contributed by atoms with E-state index in [1.807, 2.05) is 0 Å². The topological polar surface area (TPSA) is 61.9 Å². The lowest BCUT2D eigenvalue weighted by atomic mass is 10.1. The standard InChI is InChI=1S/C11H14N4O2/c1-14-10-9(4-13-14)11(16)15(7-12-10)5-8-2-3-17-6-8/h4,7-8H,2-3,5-6H2,1H3. The second-order valence-corrected chi connectivity index (χ2v) is 4.44. The molecule has 0 aliphatic carbocycles. The SMILES string of the molecule is Cn1ncc2c(=O)n(CC3CCOC3)cnc21. The van der Waals surface area contributed by atoms with Gasteiger partial charge in [-0.1, -0.05) is 0 Å². The van der Waals surface area contributed by atoms with Crippen molar-refractivity contribution in [2.75, 3.05) is 13.2 Å². The van der Waals surface area contributed by atoms with Gasteiger partial charge >= 0.3 is 0 Å². The van der Waals surface area contributed by atoms with Crippen molar-refractivity contribution in [2.45, 2.75) is 13.0 Å². The molecule has 17 heavy (non-hydrogen) atoms. The van der Waals surface area contributed by atoms with Gasteiger partial charge in [-0.05, 0) is 6.42 Å². The van der Waals surface area contributed by atoms with Gasteiger partial charge in [0, 0.05) is 26.1 Å². The second kappa shape index (κ2) is 3.96. The van der Waals surface area contributed by atoms with Crippen LogP contribution in [0, 0.1) is 5.92 Å². The van der Waals surface area contributed by atoms with Crippen molar-refractivity contribution in [1.29, 1.82) is 0 Å². The molecule has 0 bridgehead atoms. The van der Waals surface area contributed by atoms with Crippen LogP contribution >= 0.6 is 0 Å². The third-order valence-corrected chi connectivity index (χ3v) is 3.20. The molecule has 0 N–H and O–H groups in total. The van der Waals surface area contributed by atoms with Crippen LogP contribution in [0.5, 0.6) is 0 Å². The van der Waals surface area contributed by atoms with E-state index in [0.29, 0.717) is 23.5 Å². The molecule has 0 aromatic carbocycles. The molecule has 1 atom stereocenters. The first-order chi connectivity index (χ1) is 8.25. The van der Waals surface area contributed by atoms with Crippen LogP contribution in [0.1, 0.15) is 6.42 Å². The number of nitrogens with zero attached hydrogens (tertiary/aromatic N) is 4. The highest BCUT2D eigenvalue weighted by Gasteiger charge is 2.17. The van der Waals surface area contributed by atoms with Gasteiger partial charge in [-0.15, -0.1) is 0 Å². The van der Waals surface area contributed by atoms with Crippen LogP contribution in [0.25, 0.3) is 11.0 Å². The molecule has 0 saturated carbocycles. The Bertz CT molecular complexity index is 595. The van der Waals surface area contributed by atoms with Crippen molar-refractivity contribution in [3.05, 3.63) is 22.9 Å². The summed E-state index contributed by atoms with van der Waals surface area (Å²) in [5, 5.41) is 4.62. The van der Waals surface area contributed by atoms with Crippen LogP contribution in [-0.2, 0) is 18.3 Å². The van der Waals surface area contributed by atoms with Crippen molar-refractivity contribution < 1.29 is 4.74 Å². The Morgan fingerprint density at radius 1 is 1.59 bits per heavy atom. The smallest absolute Gasteiger partial charge is 0.264 e. The summed E-state index contributed by atoms with van der Waals surface area (Å²) in [5.74, 6) is 0.420. The zero-order valence-corrected chi connectivity index (χ0v) is 9.67. The Morgan fingerprint density at radius 3 is 3.24 bits per heavy atom. The van der Waals surface area contributed by atoms with Gasteiger partial charge in [0.15, 0.2) is 5.65 Å². The molecule has 1 unspecified atom stereocenters. The summed E-state index contributed by atoms with van der Waals surface area (Å²) >= 11 is 0.